The fraction of sp³-hybridized carbons (Fsp3) is 0.529. The van der Waals surface area contributed by atoms with Gasteiger partial charge in [0.1, 0.15) is 11.7 Å². The third-order valence-electron chi connectivity index (χ3n) is 2.92. The van der Waals surface area contributed by atoms with Crippen LogP contribution < -0.4 is 5.32 Å². The van der Waals surface area contributed by atoms with Gasteiger partial charge in [0.25, 0.3) is 0 Å². The van der Waals surface area contributed by atoms with Crippen LogP contribution in [0.1, 0.15) is 52.6 Å². The lowest BCUT2D eigenvalue weighted by Gasteiger charge is -2.28. The highest BCUT2D eigenvalue weighted by Gasteiger charge is 2.28. The van der Waals surface area contributed by atoms with Crippen molar-refractivity contribution in [3.63, 3.8) is 0 Å². The predicted molar refractivity (Wildman–Crippen MR) is 84.4 cm³/mol. The number of benzene rings is 1. The van der Waals surface area contributed by atoms with Gasteiger partial charge in [-0.2, -0.15) is 0 Å². The maximum Gasteiger partial charge on any atom is 0.408 e. The zero-order valence-electron chi connectivity index (χ0n) is 13.9. The summed E-state index contributed by atoms with van der Waals surface area (Å²) in [5, 5.41) is 2.81. The lowest BCUT2D eigenvalue weighted by atomic mass is 9.99. The van der Waals surface area contributed by atoms with Crippen LogP contribution in [0.25, 0.3) is 0 Å². The van der Waals surface area contributed by atoms with Crippen molar-refractivity contribution in [2.24, 2.45) is 0 Å². The summed E-state index contributed by atoms with van der Waals surface area (Å²) in [6.07, 6.45) is -0.408. The standard InChI is InChI=1S/C17H25NO4/c1-6-14(21-12(2)19)15(13-10-8-7-9-11-13)18-16(20)22-17(3,4)5/h7-11,14-15H,6H2,1-5H3,(H,18,20)/t14-,15-/m0/s1. The Morgan fingerprint density at radius 1 is 1.18 bits per heavy atom. The van der Waals surface area contributed by atoms with Crippen molar-refractivity contribution in [1.29, 1.82) is 0 Å². The highest BCUT2D eigenvalue weighted by Crippen LogP contribution is 2.22. The molecule has 0 unspecified atom stereocenters. The van der Waals surface area contributed by atoms with E-state index < -0.39 is 23.8 Å². The molecule has 0 bridgehead atoms. The predicted octanol–water partition coefficient (Wildman–Crippen LogP) is 3.59. The van der Waals surface area contributed by atoms with Gasteiger partial charge in [-0.15, -0.1) is 0 Å². The van der Waals surface area contributed by atoms with Gasteiger partial charge in [-0.05, 0) is 32.8 Å². The third-order valence-corrected chi connectivity index (χ3v) is 2.92. The fourth-order valence-electron chi connectivity index (χ4n) is 2.09. The molecule has 1 aromatic rings. The van der Waals surface area contributed by atoms with E-state index in [1.54, 1.807) is 20.8 Å². The van der Waals surface area contributed by atoms with Crippen LogP contribution in [0.3, 0.4) is 0 Å². The Labute approximate surface area is 132 Å². The molecule has 5 nitrogen and oxygen atoms in total. The maximum atomic E-state index is 12.1. The molecule has 22 heavy (non-hydrogen) atoms. The SMILES string of the molecule is CC[C@H](OC(C)=O)[C@@H](NC(=O)OC(C)(C)C)c1ccccc1. The van der Waals surface area contributed by atoms with E-state index in [1.165, 1.54) is 6.92 Å². The molecule has 0 aliphatic carbocycles. The van der Waals surface area contributed by atoms with Gasteiger partial charge >= 0.3 is 12.1 Å². The van der Waals surface area contributed by atoms with E-state index in [0.717, 1.165) is 5.56 Å². The second-order valence-corrected chi connectivity index (χ2v) is 6.09. The van der Waals surface area contributed by atoms with Crippen molar-refractivity contribution in [3.05, 3.63) is 35.9 Å². The second-order valence-electron chi connectivity index (χ2n) is 6.09. The van der Waals surface area contributed by atoms with Crippen LogP contribution in [-0.4, -0.2) is 23.8 Å². The topological polar surface area (TPSA) is 64.6 Å². The molecule has 0 aromatic heterocycles. The molecule has 0 heterocycles. The monoisotopic (exact) mass is 307 g/mol. The number of rotatable bonds is 5. The normalized spacial score (nSPS) is 13.9. The Morgan fingerprint density at radius 3 is 2.23 bits per heavy atom. The molecule has 1 N–H and O–H groups in total. The zero-order valence-corrected chi connectivity index (χ0v) is 13.9. The Kier molecular flexibility index (Phi) is 6.40. The van der Waals surface area contributed by atoms with E-state index >= 15 is 0 Å². The number of amides is 1. The van der Waals surface area contributed by atoms with Crippen LogP contribution in [0, 0.1) is 0 Å². The molecule has 0 spiro atoms. The largest absolute Gasteiger partial charge is 0.460 e. The molecule has 1 rings (SSSR count). The fourth-order valence-corrected chi connectivity index (χ4v) is 2.09. The minimum atomic E-state index is -0.589. The molecule has 0 radical (unpaired) electrons. The second kappa shape index (κ2) is 7.82. The number of esters is 1. The van der Waals surface area contributed by atoms with Crippen LogP contribution in [0.15, 0.2) is 30.3 Å². The Morgan fingerprint density at radius 2 is 1.77 bits per heavy atom. The Balaban J connectivity index is 2.96. The average molecular weight is 307 g/mol. The van der Waals surface area contributed by atoms with Gasteiger partial charge in [0.05, 0.1) is 6.04 Å². The molecule has 0 aliphatic rings. The number of nitrogens with one attached hydrogen (secondary N) is 1. The van der Waals surface area contributed by atoms with Gasteiger partial charge in [-0.1, -0.05) is 37.3 Å². The van der Waals surface area contributed by atoms with Gasteiger partial charge < -0.3 is 14.8 Å². The summed E-state index contributed by atoms with van der Waals surface area (Å²) in [5.74, 6) is -0.376. The molecule has 1 aromatic carbocycles. The van der Waals surface area contributed by atoms with Crippen molar-refractivity contribution in [2.45, 2.75) is 58.8 Å². The van der Waals surface area contributed by atoms with Crippen LogP contribution >= 0.6 is 0 Å². The summed E-state index contributed by atoms with van der Waals surface area (Å²) in [5.41, 5.74) is 0.274. The van der Waals surface area contributed by atoms with Gasteiger partial charge in [0, 0.05) is 6.92 Å². The first kappa shape index (κ1) is 18.0. The third kappa shape index (κ3) is 6.16. The molecular weight excluding hydrogens is 282 g/mol. The van der Waals surface area contributed by atoms with Crippen molar-refractivity contribution in [3.8, 4) is 0 Å². The smallest absolute Gasteiger partial charge is 0.408 e. The molecule has 1 amide bonds. The summed E-state index contributed by atoms with van der Waals surface area (Å²) in [6, 6.07) is 8.95. The number of hydrogen-bond acceptors (Lipinski definition) is 4. The maximum absolute atomic E-state index is 12.1. The zero-order chi connectivity index (χ0) is 16.8. The Hall–Kier alpha value is -2.04. The van der Waals surface area contributed by atoms with Gasteiger partial charge in [0.15, 0.2) is 0 Å². The molecular formula is C17H25NO4. The van der Waals surface area contributed by atoms with Gasteiger partial charge in [0.2, 0.25) is 0 Å². The van der Waals surface area contributed by atoms with Crippen LogP contribution in [0.5, 0.6) is 0 Å². The Bertz CT molecular complexity index is 493. The van der Waals surface area contributed by atoms with E-state index in [-0.39, 0.29) is 5.97 Å². The number of alkyl carbamates (subject to hydrolysis) is 1. The highest BCUT2D eigenvalue weighted by molar-refractivity contribution is 5.69. The number of carbonyl (C=O) groups is 2. The first-order chi connectivity index (χ1) is 10.2. The highest BCUT2D eigenvalue weighted by atomic mass is 16.6. The number of hydrogen-bond donors (Lipinski definition) is 1. The minimum Gasteiger partial charge on any atom is -0.460 e. The molecule has 122 valence electrons. The molecule has 5 heteroatoms. The van der Waals surface area contributed by atoms with Crippen molar-refractivity contribution in [1.82, 2.24) is 5.32 Å². The lowest BCUT2D eigenvalue weighted by Crippen LogP contribution is -2.41. The summed E-state index contributed by atoms with van der Waals surface area (Å²) in [6.45, 7) is 8.66. The van der Waals surface area contributed by atoms with E-state index in [1.807, 2.05) is 37.3 Å². The summed E-state index contributed by atoms with van der Waals surface area (Å²) in [7, 11) is 0. The summed E-state index contributed by atoms with van der Waals surface area (Å²) in [4.78, 5) is 23.4. The van der Waals surface area contributed by atoms with E-state index in [4.69, 9.17) is 9.47 Å². The number of ether oxygens (including phenoxy) is 2. The van der Waals surface area contributed by atoms with E-state index in [0.29, 0.717) is 6.42 Å². The quantitative estimate of drug-likeness (QED) is 0.844. The first-order valence-corrected chi connectivity index (χ1v) is 7.44. The average Bonchev–Trinajstić information content (AvgIpc) is 2.41. The molecule has 2 atom stereocenters. The first-order valence-electron chi connectivity index (χ1n) is 7.44. The number of carbonyl (C=O) groups excluding carboxylic acids is 2. The molecule has 0 saturated heterocycles. The van der Waals surface area contributed by atoms with Crippen LogP contribution in [0.4, 0.5) is 4.79 Å². The summed E-state index contributed by atoms with van der Waals surface area (Å²) >= 11 is 0. The van der Waals surface area contributed by atoms with Crippen LogP contribution in [0.2, 0.25) is 0 Å². The summed E-state index contributed by atoms with van der Waals surface area (Å²) < 4.78 is 10.6. The van der Waals surface area contributed by atoms with Gasteiger partial charge in [-0.25, -0.2) is 4.79 Å². The van der Waals surface area contributed by atoms with Crippen LogP contribution in [-0.2, 0) is 14.3 Å². The van der Waals surface area contributed by atoms with E-state index in [2.05, 4.69) is 5.32 Å². The van der Waals surface area contributed by atoms with Crippen molar-refractivity contribution >= 4 is 12.1 Å². The van der Waals surface area contributed by atoms with E-state index in [9.17, 15) is 9.59 Å². The lowest BCUT2D eigenvalue weighted by molar-refractivity contribution is -0.148. The molecule has 0 aliphatic heterocycles. The minimum absolute atomic E-state index is 0.376. The molecule has 0 saturated carbocycles. The van der Waals surface area contributed by atoms with Crippen molar-refractivity contribution in [2.75, 3.05) is 0 Å². The van der Waals surface area contributed by atoms with Crippen molar-refractivity contribution < 1.29 is 19.1 Å². The molecule has 0 fully saturated rings. The van der Waals surface area contributed by atoms with Gasteiger partial charge in [-0.3, -0.25) is 4.79 Å².